The number of nitrogens with zero attached hydrogens (tertiary/aromatic N) is 1. The zero-order valence-corrected chi connectivity index (χ0v) is 20.2. The Morgan fingerprint density at radius 2 is 1.51 bits per heavy atom. The summed E-state index contributed by atoms with van der Waals surface area (Å²) in [6.07, 6.45) is 4.27. The molecule has 0 aromatic heterocycles. The lowest BCUT2D eigenvalue weighted by molar-refractivity contribution is -0.118. The molecule has 6 rings (SSSR count). The summed E-state index contributed by atoms with van der Waals surface area (Å²) < 4.78 is 29.1. The van der Waals surface area contributed by atoms with Crippen LogP contribution in [0.15, 0.2) is 83.9 Å². The molecule has 0 fully saturated rings. The lowest BCUT2D eigenvalue weighted by Gasteiger charge is -2.36. The average molecular weight is 484 g/mol. The summed E-state index contributed by atoms with van der Waals surface area (Å²) in [6.45, 7) is 2.14. The van der Waals surface area contributed by atoms with Crippen molar-refractivity contribution in [3.63, 3.8) is 0 Å². The minimum absolute atomic E-state index is 0.154. The van der Waals surface area contributed by atoms with E-state index in [1.54, 1.807) is 36.5 Å². The summed E-state index contributed by atoms with van der Waals surface area (Å²) in [5.41, 5.74) is 4.38. The predicted octanol–water partition coefficient (Wildman–Crippen LogP) is 5.29. The van der Waals surface area contributed by atoms with E-state index in [-0.39, 0.29) is 4.90 Å². The highest BCUT2D eigenvalue weighted by molar-refractivity contribution is 7.89. The molecule has 3 aromatic carbocycles. The summed E-state index contributed by atoms with van der Waals surface area (Å²) in [6, 6.07) is 20.6. The van der Waals surface area contributed by atoms with Gasteiger partial charge in [0.25, 0.3) is 10.0 Å². The van der Waals surface area contributed by atoms with Crippen LogP contribution < -0.4 is 0 Å². The molecule has 0 N–H and O–H groups in total. The van der Waals surface area contributed by atoms with Crippen molar-refractivity contribution in [2.24, 2.45) is 5.92 Å². The fourth-order valence-corrected chi connectivity index (χ4v) is 7.50. The number of ketones is 2. The number of carbonyl (C=O) groups excluding carboxylic acids is 2. The molecule has 35 heavy (non-hydrogen) atoms. The molecule has 176 valence electrons. The third-order valence-electron chi connectivity index (χ3n) is 7.65. The van der Waals surface area contributed by atoms with Crippen LogP contribution in [0.4, 0.5) is 0 Å². The number of Topliss-reactive ketones (excluding diaryl/α,β-unsaturated/α-hetero) is 2. The summed E-state index contributed by atoms with van der Waals surface area (Å²) in [5, 5.41) is 0. The van der Waals surface area contributed by atoms with Crippen molar-refractivity contribution in [2.45, 2.75) is 43.0 Å². The van der Waals surface area contributed by atoms with Crippen molar-refractivity contribution in [2.75, 3.05) is 0 Å². The van der Waals surface area contributed by atoms with E-state index >= 15 is 0 Å². The molecule has 0 amide bonds. The van der Waals surface area contributed by atoms with Gasteiger partial charge in [0.15, 0.2) is 0 Å². The number of sulfonamides is 1. The van der Waals surface area contributed by atoms with Crippen LogP contribution in [0.25, 0.3) is 5.57 Å². The second kappa shape index (κ2) is 8.02. The van der Waals surface area contributed by atoms with Crippen molar-refractivity contribution < 1.29 is 18.0 Å². The van der Waals surface area contributed by atoms with E-state index in [2.05, 4.69) is 6.92 Å². The van der Waals surface area contributed by atoms with Gasteiger partial charge >= 0.3 is 0 Å². The summed E-state index contributed by atoms with van der Waals surface area (Å²) in [4.78, 5) is 27.5. The zero-order chi connectivity index (χ0) is 24.3. The predicted molar refractivity (Wildman–Crippen MR) is 133 cm³/mol. The summed E-state index contributed by atoms with van der Waals surface area (Å²) >= 11 is 0. The third kappa shape index (κ3) is 3.23. The Kier molecular flexibility index (Phi) is 5.04. The van der Waals surface area contributed by atoms with Crippen molar-refractivity contribution in [3.05, 3.63) is 107 Å². The van der Waals surface area contributed by atoms with E-state index in [4.69, 9.17) is 0 Å². The zero-order valence-electron chi connectivity index (χ0n) is 19.3. The maximum Gasteiger partial charge on any atom is 0.264 e. The second-order valence-electron chi connectivity index (χ2n) is 9.61. The van der Waals surface area contributed by atoms with Gasteiger partial charge in [-0.1, -0.05) is 67.6 Å². The Morgan fingerprint density at radius 1 is 0.857 bits per heavy atom. The molecule has 0 bridgehead atoms. The maximum atomic E-state index is 13.9. The molecule has 2 aliphatic carbocycles. The van der Waals surface area contributed by atoms with Crippen molar-refractivity contribution in [3.8, 4) is 0 Å². The van der Waals surface area contributed by atoms with E-state index in [0.717, 1.165) is 36.0 Å². The molecular formula is C29H25NO4S. The first-order valence-corrected chi connectivity index (χ1v) is 13.4. The van der Waals surface area contributed by atoms with Gasteiger partial charge in [0.05, 0.1) is 16.9 Å². The van der Waals surface area contributed by atoms with Crippen LogP contribution in [0.1, 0.15) is 64.3 Å². The second-order valence-corrected chi connectivity index (χ2v) is 11.4. The largest absolute Gasteiger partial charge is 0.290 e. The molecule has 1 aliphatic heterocycles. The smallest absolute Gasteiger partial charge is 0.264 e. The van der Waals surface area contributed by atoms with Gasteiger partial charge in [-0.2, -0.15) is 0 Å². The molecule has 0 saturated heterocycles. The summed E-state index contributed by atoms with van der Waals surface area (Å²) in [5.74, 6) is -1.60. The Morgan fingerprint density at radius 3 is 2.23 bits per heavy atom. The summed E-state index contributed by atoms with van der Waals surface area (Å²) in [7, 11) is -3.97. The topological polar surface area (TPSA) is 71.5 Å². The fourth-order valence-electron chi connectivity index (χ4n) is 5.97. The highest BCUT2D eigenvalue weighted by atomic mass is 32.2. The molecule has 3 aromatic rings. The number of hydrogen-bond acceptors (Lipinski definition) is 4. The normalized spacial score (nSPS) is 23.4. The third-order valence-corrected chi connectivity index (χ3v) is 9.40. The van der Waals surface area contributed by atoms with Crippen LogP contribution in [-0.2, 0) is 21.2 Å². The van der Waals surface area contributed by atoms with Crippen molar-refractivity contribution in [1.82, 2.24) is 4.31 Å². The van der Waals surface area contributed by atoms with E-state index in [1.165, 1.54) is 4.31 Å². The van der Waals surface area contributed by atoms with Gasteiger partial charge in [-0.25, -0.2) is 8.42 Å². The van der Waals surface area contributed by atoms with Gasteiger partial charge in [-0.05, 0) is 65.1 Å². The molecule has 0 saturated carbocycles. The minimum atomic E-state index is -3.97. The van der Waals surface area contributed by atoms with Gasteiger partial charge in [0, 0.05) is 11.8 Å². The van der Waals surface area contributed by atoms with Crippen LogP contribution >= 0.6 is 0 Å². The molecule has 3 atom stereocenters. The Bertz CT molecular complexity index is 1490. The molecule has 5 nitrogen and oxygen atoms in total. The highest BCUT2D eigenvalue weighted by Crippen LogP contribution is 2.52. The van der Waals surface area contributed by atoms with E-state index in [1.807, 2.05) is 42.5 Å². The first kappa shape index (κ1) is 22.0. The van der Waals surface area contributed by atoms with Crippen LogP contribution in [0, 0.1) is 5.92 Å². The van der Waals surface area contributed by atoms with Gasteiger partial charge in [0.1, 0.15) is 0 Å². The number of carbonyl (C=O) groups is 2. The van der Waals surface area contributed by atoms with Gasteiger partial charge in [0.2, 0.25) is 11.6 Å². The van der Waals surface area contributed by atoms with Crippen molar-refractivity contribution in [1.29, 1.82) is 0 Å². The molecule has 0 spiro atoms. The highest BCUT2D eigenvalue weighted by Gasteiger charge is 2.53. The lowest BCUT2D eigenvalue weighted by atomic mass is 9.70. The van der Waals surface area contributed by atoms with Crippen LogP contribution in [0.3, 0.4) is 0 Å². The van der Waals surface area contributed by atoms with Crippen LogP contribution in [0.2, 0.25) is 0 Å². The first-order valence-electron chi connectivity index (χ1n) is 12.0. The van der Waals surface area contributed by atoms with Crippen LogP contribution in [0.5, 0.6) is 0 Å². The van der Waals surface area contributed by atoms with Crippen LogP contribution in [-0.4, -0.2) is 24.3 Å². The van der Waals surface area contributed by atoms with Gasteiger partial charge in [-0.3, -0.25) is 13.9 Å². The minimum Gasteiger partial charge on any atom is -0.290 e. The SMILES string of the molecule is CC1CCCc2c1ccc1c2C(=O)C(=O)C2C(c3ccccc3)=CN(S(=O)(=O)c3ccccc3)C12. The monoisotopic (exact) mass is 483 g/mol. The molecule has 0 radical (unpaired) electrons. The number of benzene rings is 3. The Balaban J connectivity index is 1.60. The Hall–Kier alpha value is -3.51. The molecule has 1 heterocycles. The molecule has 6 heteroatoms. The molecule has 3 unspecified atom stereocenters. The van der Waals surface area contributed by atoms with E-state index in [9.17, 15) is 18.0 Å². The number of rotatable bonds is 3. The average Bonchev–Trinajstić information content (AvgIpc) is 3.30. The first-order chi connectivity index (χ1) is 16.9. The quantitative estimate of drug-likeness (QED) is 0.474. The van der Waals surface area contributed by atoms with Gasteiger partial charge < -0.3 is 0 Å². The molecule has 3 aliphatic rings. The lowest BCUT2D eigenvalue weighted by Crippen LogP contribution is -2.41. The molecular weight excluding hydrogens is 458 g/mol. The van der Waals surface area contributed by atoms with Crippen molar-refractivity contribution >= 4 is 27.2 Å². The standard InChI is InChI=1S/C29H25NO4S/c1-18-9-8-14-22-21(18)15-16-23-25(22)28(31)29(32)26-24(19-10-4-2-5-11-19)17-30(27(23)26)35(33,34)20-12-6-3-7-13-20/h2-7,10-13,15-18,26-27H,8-9,14H2,1H3. The maximum absolute atomic E-state index is 13.9. The van der Waals surface area contributed by atoms with E-state index in [0.29, 0.717) is 22.6 Å². The van der Waals surface area contributed by atoms with E-state index < -0.39 is 33.5 Å². The van der Waals surface area contributed by atoms with Gasteiger partial charge in [-0.15, -0.1) is 0 Å². The Labute approximate surface area is 205 Å². The number of hydrogen-bond donors (Lipinski definition) is 0. The number of fused-ring (bicyclic) bond motifs is 5. The fraction of sp³-hybridized carbons (Fsp3) is 0.241.